The highest BCUT2D eigenvalue weighted by Crippen LogP contribution is 2.26. The Morgan fingerprint density at radius 2 is 2.16 bits per heavy atom. The Morgan fingerprint density at radius 3 is 2.84 bits per heavy atom. The maximum atomic E-state index is 12.3. The summed E-state index contributed by atoms with van der Waals surface area (Å²) >= 11 is 0. The first-order valence-corrected chi connectivity index (χ1v) is 6.88. The zero-order valence-electron chi connectivity index (χ0n) is 11.4. The highest BCUT2D eigenvalue weighted by Gasteiger charge is 2.30. The summed E-state index contributed by atoms with van der Waals surface area (Å²) in [7, 11) is 0. The number of carbonyl (C=O) groups is 1. The zero-order valence-corrected chi connectivity index (χ0v) is 11.4. The van der Waals surface area contributed by atoms with E-state index in [-0.39, 0.29) is 18.1 Å². The summed E-state index contributed by atoms with van der Waals surface area (Å²) in [5, 5.41) is 0. The second-order valence-electron chi connectivity index (χ2n) is 5.01. The summed E-state index contributed by atoms with van der Waals surface area (Å²) in [5.74, 6) is 0.175. The Balaban J connectivity index is 2.13. The van der Waals surface area contributed by atoms with E-state index < -0.39 is 0 Å². The van der Waals surface area contributed by atoms with E-state index in [9.17, 15) is 4.79 Å². The van der Waals surface area contributed by atoms with Gasteiger partial charge in [0.25, 0.3) is 0 Å². The van der Waals surface area contributed by atoms with Crippen LogP contribution in [0, 0.1) is 0 Å². The van der Waals surface area contributed by atoms with E-state index in [2.05, 4.69) is 0 Å². The quantitative estimate of drug-likeness (QED) is 0.898. The van der Waals surface area contributed by atoms with Crippen molar-refractivity contribution >= 4 is 5.91 Å². The van der Waals surface area contributed by atoms with Crippen molar-refractivity contribution in [3.8, 4) is 0 Å². The molecule has 1 aliphatic heterocycles. The van der Waals surface area contributed by atoms with Gasteiger partial charge >= 0.3 is 0 Å². The highest BCUT2D eigenvalue weighted by atomic mass is 16.5. The Morgan fingerprint density at radius 1 is 1.42 bits per heavy atom. The van der Waals surface area contributed by atoms with Crippen molar-refractivity contribution in [1.82, 2.24) is 4.90 Å². The van der Waals surface area contributed by atoms with Gasteiger partial charge < -0.3 is 15.4 Å². The topological polar surface area (TPSA) is 55.6 Å². The predicted molar refractivity (Wildman–Crippen MR) is 74.6 cm³/mol. The largest absolute Gasteiger partial charge is 0.374 e. The van der Waals surface area contributed by atoms with Crippen molar-refractivity contribution in [1.29, 1.82) is 0 Å². The lowest BCUT2D eigenvalue weighted by atomic mass is 10.0. The lowest BCUT2D eigenvalue weighted by Crippen LogP contribution is -2.46. The number of carbonyl (C=O) groups excluding carboxylic acids is 1. The number of rotatable bonds is 4. The van der Waals surface area contributed by atoms with Crippen LogP contribution >= 0.6 is 0 Å². The van der Waals surface area contributed by atoms with E-state index in [1.54, 1.807) is 0 Å². The summed E-state index contributed by atoms with van der Waals surface area (Å²) in [6.45, 7) is 3.79. The number of nitrogens with two attached hydrogens (primary N) is 1. The molecule has 19 heavy (non-hydrogen) atoms. The van der Waals surface area contributed by atoms with Crippen LogP contribution in [0.4, 0.5) is 0 Å². The number of hydrogen-bond acceptors (Lipinski definition) is 3. The molecule has 2 atom stereocenters. The first kappa shape index (κ1) is 14.0. The van der Waals surface area contributed by atoms with Gasteiger partial charge in [-0.25, -0.2) is 0 Å². The monoisotopic (exact) mass is 262 g/mol. The molecule has 1 aromatic carbocycles. The zero-order chi connectivity index (χ0) is 13.7. The molecule has 4 heteroatoms. The molecule has 0 radical (unpaired) electrons. The van der Waals surface area contributed by atoms with Gasteiger partial charge in [-0.1, -0.05) is 30.3 Å². The van der Waals surface area contributed by atoms with Crippen LogP contribution < -0.4 is 5.73 Å². The molecule has 0 aromatic heterocycles. The smallest absolute Gasteiger partial charge is 0.223 e. The van der Waals surface area contributed by atoms with Crippen LogP contribution in [-0.2, 0) is 9.53 Å². The van der Waals surface area contributed by atoms with E-state index in [0.29, 0.717) is 26.1 Å². The molecule has 0 bridgehead atoms. The van der Waals surface area contributed by atoms with Gasteiger partial charge in [0.05, 0.1) is 18.8 Å². The Bertz CT molecular complexity index is 408. The minimum Gasteiger partial charge on any atom is -0.374 e. The number of morpholine rings is 1. The van der Waals surface area contributed by atoms with Crippen LogP contribution in [0.3, 0.4) is 0 Å². The Hall–Kier alpha value is -1.39. The number of hydrogen-bond donors (Lipinski definition) is 1. The molecule has 0 saturated carbocycles. The molecule has 2 rings (SSSR count). The first-order chi connectivity index (χ1) is 9.22. The molecule has 4 nitrogen and oxygen atoms in total. The predicted octanol–water partition coefficient (Wildman–Crippen LogP) is 1.71. The lowest BCUT2D eigenvalue weighted by molar-refractivity contribution is -0.144. The van der Waals surface area contributed by atoms with E-state index in [1.807, 2.05) is 42.2 Å². The fourth-order valence-corrected chi connectivity index (χ4v) is 2.43. The molecular formula is C15H22N2O2. The molecule has 1 fully saturated rings. The second kappa shape index (κ2) is 6.68. The molecule has 0 unspecified atom stereocenters. The third-order valence-electron chi connectivity index (χ3n) is 3.47. The highest BCUT2D eigenvalue weighted by molar-refractivity contribution is 5.77. The average Bonchev–Trinajstić information content (AvgIpc) is 2.45. The SMILES string of the molecule is C[C@@H]1CN(C(=O)CCCN)[C@@H](c2ccccc2)CO1. The summed E-state index contributed by atoms with van der Waals surface area (Å²) in [6, 6.07) is 10.1. The molecule has 2 N–H and O–H groups in total. The maximum Gasteiger partial charge on any atom is 0.223 e. The van der Waals surface area contributed by atoms with Crippen molar-refractivity contribution in [2.45, 2.75) is 31.9 Å². The normalized spacial score (nSPS) is 23.4. The molecule has 1 saturated heterocycles. The molecular weight excluding hydrogens is 240 g/mol. The van der Waals surface area contributed by atoms with E-state index in [1.165, 1.54) is 0 Å². The molecule has 0 spiro atoms. The van der Waals surface area contributed by atoms with Crippen LogP contribution in [0.25, 0.3) is 0 Å². The van der Waals surface area contributed by atoms with Gasteiger partial charge in [0.1, 0.15) is 0 Å². The molecule has 1 amide bonds. The second-order valence-corrected chi connectivity index (χ2v) is 5.01. The molecule has 1 aromatic rings. The number of amides is 1. The Kier molecular flexibility index (Phi) is 4.93. The summed E-state index contributed by atoms with van der Waals surface area (Å²) in [4.78, 5) is 14.2. The van der Waals surface area contributed by atoms with Crippen LogP contribution in [0.5, 0.6) is 0 Å². The first-order valence-electron chi connectivity index (χ1n) is 6.88. The summed E-state index contributed by atoms with van der Waals surface area (Å²) in [5.41, 5.74) is 6.62. The summed E-state index contributed by atoms with van der Waals surface area (Å²) < 4.78 is 5.71. The Labute approximate surface area is 114 Å². The standard InChI is InChI=1S/C15H22N2O2/c1-12-10-17(15(18)8-5-9-16)14(11-19-12)13-6-3-2-4-7-13/h2-4,6-7,12,14H,5,8-11,16H2,1H3/t12-,14-/m1/s1. The van der Waals surface area contributed by atoms with Crippen molar-refractivity contribution in [3.63, 3.8) is 0 Å². The molecule has 0 aliphatic carbocycles. The van der Waals surface area contributed by atoms with E-state index in [4.69, 9.17) is 10.5 Å². The van der Waals surface area contributed by atoms with Gasteiger partial charge in [-0.15, -0.1) is 0 Å². The fourth-order valence-electron chi connectivity index (χ4n) is 2.43. The van der Waals surface area contributed by atoms with Crippen LogP contribution in [0.2, 0.25) is 0 Å². The van der Waals surface area contributed by atoms with Crippen LogP contribution in [-0.4, -0.2) is 36.6 Å². The minimum atomic E-state index is 0.0303. The van der Waals surface area contributed by atoms with Crippen LogP contribution in [0.15, 0.2) is 30.3 Å². The van der Waals surface area contributed by atoms with Gasteiger partial charge in [-0.3, -0.25) is 4.79 Å². The van der Waals surface area contributed by atoms with Gasteiger partial charge in [0.2, 0.25) is 5.91 Å². The van der Waals surface area contributed by atoms with Crippen molar-refractivity contribution in [3.05, 3.63) is 35.9 Å². The lowest BCUT2D eigenvalue weighted by Gasteiger charge is -2.39. The number of ether oxygens (including phenoxy) is 1. The third-order valence-corrected chi connectivity index (χ3v) is 3.47. The van der Waals surface area contributed by atoms with E-state index in [0.717, 1.165) is 12.0 Å². The molecule has 1 aliphatic rings. The minimum absolute atomic E-state index is 0.0303. The number of nitrogens with zero attached hydrogens (tertiary/aromatic N) is 1. The van der Waals surface area contributed by atoms with Crippen molar-refractivity contribution in [2.24, 2.45) is 5.73 Å². The average molecular weight is 262 g/mol. The molecule has 104 valence electrons. The maximum absolute atomic E-state index is 12.3. The van der Waals surface area contributed by atoms with Gasteiger partial charge in [0, 0.05) is 13.0 Å². The number of benzene rings is 1. The van der Waals surface area contributed by atoms with E-state index >= 15 is 0 Å². The van der Waals surface area contributed by atoms with Crippen molar-refractivity contribution in [2.75, 3.05) is 19.7 Å². The summed E-state index contributed by atoms with van der Waals surface area (Å²) in [6.07, 6.45) is 1.36. The van der Waals surface area contributed by atoms with Crippen LogP contribution in [0.1, 0.15) is 31.4 Å². The van der Waals surface area contributed by atoms with Gasteiger partial charge in [0.15, 0.2) is 0 Å². The fraction of sp³-hybridized carbons (Fsp3) is 0.533. The molecule has 1 heterocycles. The van der Waals surface area contributed by atoms with Gasteiger partial charge in [-0.2, -0.15) is 0 Å². The van der Waals surface area contributed by atoms with Gasteiger partial charge in [-0.05, 0) is 25.5 Å². The third kappa shape index (κ3) is 3.55. The van der Waals surface area contributed by atoms with Crippen molar-refractivity contribution < 1.29 is 9.53 Å².